The fourth-order valence-corrected chi connectivity index (χ4v) is 2.25. The minimum atomic E-state index is -1.33. The van der Waals surface area contributed by atoms with Crippen LogP contribution in [-0.4, -0.2) is 47.8 Å². The molecular formula is C13H14F2N2O3. The number of rotatable bonds is 4. The van der Waals surface area contributed by atoms with E-state index in [2.05, 4.69) is 0 Å². The standard InChI is InChI=1S/C13H14F2N2O3/c14-6-10(16-13(19)20)7-17-4-3-8-5-9(15)1-2-11(8)12(17)18/h1-2,5,10,16H,3-4,6-7H2,(H,19,20). The van der Waals surface area contributed by atoms with Crippen LogP contribution >= 0.6 is 0 Å². The molecule has 1 aromatic carbocycles. The van der Waals surface area contributed by atoms with Crippen LogP contribution in [0.1, 0.15) is 15.9 Å². The van der Waals surface area contributed by atoms with Gasteiger partial charge in [-0.1, -0.05) is 0 Å². The topological polar surface area (TPSA) is 69.6 Å². The van der Waals surface area contributed by atoms with Gasteiger partial charge < -0.3 is 15.3 Å². The second-order valence-corrected chi connectivity index (χ2v) is 4.60. The summed E-state index contributed by atoms with van der Waals surface area (Å²) >= 11 is 0. The lowest BCUT2D eigenvalue weighted by Gasteiger charge is -2.31. The zero-order valence-electron chi connectivity index (χ0n) is 10.6. The molecule has 1 aliphatic heterocycles. The highest BCUT2D eigenvalue weighted by atomic mass is 19.1. The van der Waals surface area contributed by atoms with Gasteiger partial charge in [0.1, 0.15) is 12.5 Å². The average molecular weight is 284 g/mol. The molecule has 20 heavy (non-hydrogen) atoms. The van der Waals surface area contributed by atoms with E-state index in [-0.39, 0.29) is 12.5 Å². The highest BCUT2D eigenvalue weighted by Crippen LogP contribution is 2.20. The Hall–Kier alpha value is -2.18. The third-order valence-corrected chi connectivity index (χ3v) is 3.19. The summed E-state index contributed by atoms with van der Waals surface area (Å²) in [6, 6.07) is 2.95. The molecule has 0 saturated heterocycles. The van der Waals surface area contributed by atoms with E-state index in [1.165, 1.54) is 23.1 Å². The van der Waals surface area contributed by atoms with Crippen molar-refractivity contribution in [3.8, 4) is 0 Å². The Bertz CT molecular complexity index is 536. The SMILES string of the molecule is O=C(O)NC(CF)CN1CCc2cc(F)ccc2C1=O. The van der Waals surface area contributed by atoms with Crippen LogP contribution in [-0.2, 0) is 6.42 Å². The smallest absolute Gasteiger partial charge is 0.405 e. The van der Waals surface area contributed by atoms with Crippen LogP contribution in [0.15, 0.2) is 18.2 Å². The van der Waals surface area contributed by atoms with Crippen molar-refractivity contribution in [1.82, 2.24) is 10.2 Å². The molecule has 1 aliphatic rings. The Morgan fingerprint density at radius 2 is 2.25 bits per heavy atom. The Morgan fingerprint density at radius 3 is 2.90 bits per heavy atom. The summed E-state index contributed by atoms with van der Waals surface area (Å²) in [6.45, 7) is -0.627. The summed E-state index contributed by atoms with van der Waals surface area (Å²) in [4.78, 5) is 24.1. The normalized spacial score (nSPS) is 15.7. The number of hydrogen-bond donors (Lipinski definition) is 2. The summed E-state index contributed by atoms with van der Waals surface area (Å²) < 4.78 is 25.8. The number of alkyl halides is 1. The molecule has 2 rings (SSSR count). The lowest BCUT2D eigenvalue weighted by atomic mass is 9.98. The van der Waals surface area contributed by atoms with Gasteiger partial charge in [-0.2, -0.15) is 0 Å². The van der Waals surface area contributed by atoms with Gasteiger partial charge in [-0.25, -0.2) is 13.6 Å². The first kappa shape index (κ1) is 14.2. The molecule has 0 radical (unpaired) electrons. The molecule has 0 aliphatic carbocycles. The average Bonchev–Trinajstić information content (AvgIpc) is 2.40. The predicted molar refractivity (Wildman–Crippen MR) is 66.9 cm³/mol. The molecule has 0 spiro atoms. The number of hydrogen-bond acceptors (Lipinski definition) is 2. The van der Waals surface area contributed by atoms with Crippen LogP contribution in [0.3, 0.4) is 0 Å². The summed E-state index contributed by atoms with van der Waals surface area (Å²) in [7, 11) is 0. The van der Waals surface area contributed by atoms with Crippen molar-refractivity contribution in [2.45, 2.75) is 12.5 Å². The first-order valence-corrected chi connectivity index (χ1v) is 6.14. The highest BCUT2D eigenvalue weighted by Gasteiger charge is 2.27. The minimum Gasteiger partial charge on any atom is -0.465 e. The van der Waals surface area contributed by atoms with Crippen LogP contribution in [0.25, 0.3) is 0 Å². The third-order valence-electron chi connectivity index (χ3n) is 3.19. The maximum atomic E-state index is 13.1. The van der Waals surface area contributed by atoms with Crippen LogP contribution < -0.4 is 5.32 Å². The van der Waals surface area contributed by atoms with Crippen molar-refractivity contribution in [2.75, 3.05) is 19.8 Å². The molecule has 1 aromatic rings. The highest BCUT2D eigenvalue weighted by molar-refractivity contribution is 5.96. The summed E-state index contributed by atoms with van der Waals surface area (Å²) in [6.07, 6.45) is -0.871. The number of amides is 2. The maximum absolute atomic E-state index is 13.1. The summed E-state index contributed by atoms with van der Waals surface area (Å²) in [5.41, 5.74) is 1.000. The Balaban J connectivity index is 2.10. The summed E-state index contributed by atoms with van der Waals surface area (Å²) in [5, 5.41) is 10.6. The molecule has 0 saturated carbocycles. The molecule has 2 N–H and O–H groups in total. The second-order valence-electron chi connectivity index (χ2n) is 4.60. The first-order chi connectivity index (χ1) is 9.51. The number of nitrogens with zero attached hydrogens (tertiary/aromatic N) is 1. The molecule has 7 heteroatoms. The first-order valence-electron chi connectivity index (χ1n) is 6.14. The zero-order chi connectivity index (χ0) is 14.7. The molecule has 1 unspecified atom stereocenters. The number of benzene rings is 1. The van der Waals surface area contributed by atoms with E-state index in [0.717, 1.165) is 0 Å². The third kappa shape index (κ3) is 3.04. The van der Waals surface area contributed by atoms with Crippen molar-refractivity contribution >= 4 is 12.0 Å². The molecule has 0 aromatic heterocycles. The Labute approximate surface area is 114 Å². The monoisotopic (exact) mass is 284 g/mol. The summed E-state index contributed by atoms with van der Waals surface area (Å²) in [5.74, 6) is -0.740. The number of carbonyl (C=O) groups is 2. The van der Waals surface area contributed by atoms with E-state index < -0.39 is 24.6 Å². The van der Waals surface area contributed by atoms with E-state index in [1.807, 2.05) is 5.32 Å². The Kier molecular flexibility index (Phi) is 4.16. The molecule has 108 valence electrons. The Morgan fingerprint density at radius 1 is 1.50 bits per heavy atom. The van der Waals surface area contributed by atoms with Gasteiger partial charge in [-0.05, 0) is 30.2 Å². The largest absolute Gasteiger partial charge is 0.465 e. The van der Waals surface area contributed by atoms with E-state index in [0.29, 0.717) is 24.1 Å². The van der Waals surface area contributed by atoms with E-state index in [9.17, 15) is 18.4 Å². The van der Waals surface area contributed by atoms with Gasteiger partial charge in [-0.15, -0.1) is 0 Å². The number of fused-ring (bicyclic) bond motifs is 1. The van der Waals surface area contributed by atoms with Crippen molar-refractivity contribution < 1.29 is 23.5 Å². The molecule has 1 atom stereocenters. The number of halogens is 2. The zero-order valence-corrected chi connectivity index (χ0v) is 10.6. The fraction of sp³-hybridized carbons (Fsp3) is 0.385. The second kappa shape index (κ2) is 5.85. The van der Waals surface area contributed by atoms with Crippen molar-refractivity contribution in [2.24, 2.45) is 0 Å². The van der Waals surface area contributed by atoms with Gasteiger partial charge in [-0.3, -0.25) is 4.79 Å². The van der Waals surface area contributed by atoms with Crippen LogP contribution in [0.2, 0.25) is 0 Å². The van der Waals surface area contributed by atoms with E-state index in [1.54, 1.807) is 0 Å². The molecule has 0 fully saturated rings. The lowest BCUT2D eigenvalue weighted by molar-refractivity contribution is 0.0713. The maximum Gasteiger partial charge on any atom is 0.405 e. The van der Waals surface area contributed by atoms with Crippen LogP contribution in [0.5, 0.6) is 0 Å². The van der Waals surface area contributed by atoms with Crippen molar-refractivity contribution in [3.63, 3.8) is 0 Å². The molecule has 5 nitrogen and oxygen atoms in total. The molecule has 0 bridgehead atoms. The number of carbonyl (C=O) groups excluding carboxylic acids is 1. The number of nitrogens with one attached hydrogen (secondary N) is 1. The lowest BCUT2D eigenvalue weighted by Crippen LogP contribution is -2.48. The van der Waals surface area contributed by atoms with Crippen LogP contribution in [0.4, 0.5) is 13.6 Å². The van der Waals surface area contributed by atoms with Crippen molar-refractivity contribution in [3.05, 3.63) is 35.1 Å². The van der Waals surface area contributed by atoms with Gasteiger partial charge in [0, 0.05) is 18.7 Å². The van der Waals surface area contributed by atoms with Gasteiger partial charge in [0.2, 0.25) is 0 Å². The predicted octanol–water partition coefficient (Wildman–Crippen LogP) is 1.43. The number of carboxylic acid groups (broad SMARTS) is 1. The van der Waals surface area contributed by atoms with Crippen molar-refractivity contribution in [1.29, 1.82) is 0 Å². The van der Waals surface area contributed by atoms with Gasteiger partial charge in [0.15, 0.2) is 0 Å². The molecule has 2 amide bonds. The van der Waals surface area contributed by atoms with E-state index in [4.69, 9.17) is 5.11 Å². The van der Waals surface area contributed by atoms with Crippen LogP contribution in [0, 0.1) is 5.82 Å². The van der Waals surface area contributed by atoms with Gasteiger partial charge in [0.25, 0.3) is 5.91 Å². The quantitative estimate of drug-likeness (QED) is 0.878. The van der Waals surface area contributed by atoms with E-state index >= 15 is 0 Å². The fourth-order valence-electron chi connectivity index (χ4n) is 2.25. The van der Waals surface area contributed by atoms with Gasteiger partial charge in [0.05, 0.1) is 6.04 Å². The van der Waals surface area contributed by atoms with Gasteiger partial charge >= 0.3 is 6.09 Å². The minimum absolute atomic E-state index is 0.0432. The molecular weight excluding hydrogens is 270 g/mol. The molecule has 1 heterocycles.